The predicted octanol–water partition coefficient (Wildman–Crippen LogP) is 1.72. The number of sulfonamides is 1. The van der Waals surface area contributed by atoms with Gasteiger partial charge in [0, 0.05) is 39.3 Å². The molecule has 0 atom stereocenters. The maximum absolute atomic E-state index is 13.9. The summed E-state index contributed by atoms with van der Waals surface area (Å²) in [6, 6.07) is 13.7. The first-order valence-electron chi connectivity index (χ1n) is 9.77. The summed E-state index contributed by atoms with van der Waals surface area (Å²) < 4.78 is 40.6. The normalized spacial score (nSPS) is 18.4. The van der Waals surface area contributed by atoms with E-state index < -0.39 is 15.8 Å². The lowest BCUT2D eigenvalue weighted by molar-refractivity contribution is -0.133. The average Bonchev–Trinajstić information content (AvgIpc) is 2.74. The van der Waals surface area contributed by atoms with E-state index in [9.17, 15) is 17.6 Å². The Balaban J connectivity index is 1.34. The standard InChI is InChI=1S/C21H24FN3O3S/c22-19-7-3-4-8-20(19)29(27,28)25-13-11-24(12-14-25)21(26)16-23-10-9-17-5-1-2-6-18(17)15-23/h1-8H,9-16H2. The summed E-state index contributed by atoms with van der Waals surface area (Å²) in [4.78, 5) is 16.2. The van der Waals surface area contributed by atoms with Gasteiger partial charge in [0.1, 0.15) is 10.7 Å². The number of nitrogens with zero attached hydrogens (tertiary/aromatic N) is 3. The molecule has 1 fully saturated rings. The number of carbonyl (C=O) groups excluding carboxylic acids is 1. The van der Waals surface area contributed by atoms with Crippen LogP contribution in [0.2, 0.25) is 0 Å². The quantitative estimate of drug-likeness (QED) is 0.760. The van der Waals surface area contributed by atoms with E-state index >= 15 is 0 Å². The van der Waals surface area contributed by atoms with Crippen LogP contribution in [0.25, 0.3) is 0 Å². The van der Waals surface area contributed by atoms with E-state index in [1.54, 1.807) is 4.90 Å². The summed E-state index contributed by atoms with van der Waals surface area (Å²) in [7, 11) is -3.89. The minimum Gasteiger partial charge on any atom is -0.339 e. The van der Waals surface area contributed by atoms with Crippen LogP contribution in [0.5, 0.6) is 0 Å². The van der Waals surface area contributed by atoms with Gasteiger partial charge in [-0.3, -0.25) is 9.69 Å². The number of piperazine rings is 1. The fourth-order valence-corrected chi connectivity index (χ4v) is 5.44. The first-order chi connectivity index (χ1) is 13.9. The van der Waals surface area contributed by atoms with E-state index in [1.807, 2.05) is 12.1 Å². The molecule has 2 aliphatic rings. The van der Waals surface area contributed by atoms with Crippen molar-refractivity contribution in [2.75, 3.05) is 39.3 Å². The van der Waals surface area contributed by atoms with Gasteiger partial charge >= 0.3 is 0 Å². The summed E-state index contributed by atoms with van der Waals surface area (Å²) in [5.41, 5.74) is 2.59. The molecule has 2 heterocycles. The number of benzene rings is 2. The number of fused-ring (bicyclic) bond motifs is 1. The smallest absolute Gasteiger partial charge is 0.246 e. The van der Waals surface area contributed by atoms with Crippen molar-refractivity contribution in [1.82, 2.24) is 14.1 Å². The number of hydrogen-bond donors (Lipinski definition) is 0. The van der Waals surface area contributed by atoms with E-state index in [-0.39, 0.29) is 23.9 Å². The number of carbonyl (C=O) groups is 1. The van der Waals surface area contributed by atoms with Crippen LogP contribution in [-0.2, 0) is 27.8 Å². The maximum atomic E-state index is 13.9. The van der Waals surface area contributed by atoms with Crippen molar-refractivity contribution in [3.63, 3.8) is 0 Å². The van der Waals surface area contributed by atoms with Gasteiger partial charge in [-0.1, -0.05) is 36.4 Å². The molecule has 0 bridgehead atoms. The molecule has 0 N–H and O–H groups in total. The van der Waals surface area contributed by atoms with E-state index in [0.29, 0.717) is 19.6 Å². The summed E-state index contributed by atoms with van der Waals surface area (Å²) in [6.07, 6.45) is 0.929. The zero-order valence-corrected chi connectivity index (χ0v) is 16.9. The molecule has 0 saturated carbocycles. The minimum atomic E-state index is -3.89. The molecule has 2 aliphatic heterocycles. The van der Waals surface area contributed by atoms with Gasteiger partial charge in [0.15, 0.2) is 0 Å². The Hall–Kier alpha value is -2.29. The number of amides is 1. The van der Waals surface area contributed by atoms with Crippen molar-refractivity contribution in [3.05, 3.63) is 65.5 Å². The van der Waals surface area contributed by atoms with Crippen molar-refractivity contribution in [2.24, 2.45) is 0 Å². The summed E-state index contributed by atoms with van der Waals surface area (Å²) in [5, 5.41) is 0. The van der Waals surface area contributed by atoms with Gasteiger partial charge in [-0.15, -0.1) is 0 Å². The molecule has 154 valence electrons. The largest absolute Gasteiger partial charge is 0.339 e. The topological polar surface area (TPSA) is 60.9 Å². The fourth-order valence-electron chi connectivity index (χ4n) is 3.95. The molecule has 4 rings (SSSR count). The molecular weight excluding hydrogens is 393 g/mol. The highest BCUT2D eigenvalue weighted by Crippen LogP contribution is 2.21. The van der Waals surface area contributed by atoms with Crippen LogP contribution >= 0.6 is 0 Å². The second kappa shape index (κ2) is 8.22. The molecule has 1 saturated heterocycles. The third-order valence-corrected chi connectivity index (χ3v) is 7.55. The lowest BCUT2D eigenvalue weighted by Gasteiger charge is -2.36. The van der Waals surface area contributed by atoms with Crippen LogP contribution in [0.1, 0.15) is 11.1 Å². The van der Waals surface area contributed by atoms with Gasteiger partial charge in [-0.25, -0.2) is 12.8 Å². The molecule has 0 spiro atoms. The average molecular weight is 418 g/mol. The molecular formula is C21H24FN3O3S. The van der Waals surface area contributed by atoms with Crippen LogP contribution in [0, 0.1) is 5.82 Å². The third-order valence-electron chi connectivity index (χ3n) is 5.61. The lowest BCUT2D eigenvalue weighted by Crippen LogP contribution is -2.52. The Morgan fingerprint density at radius 3 is 2.28 bits per heavy atom. The van der Waals surface area contributed by atoms with Gasteiger partial charge in [-0.2, -0.15) is 4.31 Å². The van der Waals surface area contributed by atoms with Gasteiger partial charge < -0.3 is 4.90 Å². The number of halogens is 1. The highest BCUT2D eigenvalue weighted by atomic mass is 32.2. The zero-order chi connectivity index (χ0) is 20.4. The van der Waals surface area contributed by atoms with Crippen molar-refractivity contribution in [1.29, 1.82) is 0 Å². The zero-order valence-electron chi connectivity index (χ0n) is 16.1. The Morgan fingerprint density at radius 2 is 1.55 bits per heavy atom. The first kappa shape index (κ1) is 20.0. The van der Waals surface area contributed by atoms with Crippen LogP contribution < -0.4 is 0 Å². The molecule has 2 aromatic carbocycles. The molecule has 6 nitrogen and oxygen atoms in total. The van der Waals surface area contributed by atoms with E-state index in [4.69, 9.17) is 0 Å². The Bertz CT molecular complexity index is 1000. The Morgan fingerprint density at radius 1 is 0.897 bits per heavy atom. The Kier molecular flexibility index (Phi) is 5.67. The van der Waals surface area contributed by atoms with E-state index in [2.05, 4.69) is 17.0 Å². The van der Waals surface area contributed by atoms with Gasteiger partial charge in [0.05, 0.1) is 6.54 Å². The second-order valence-electron chi connectivity index (χ2n) is 7.44. The molecule has 8 heteroatoms. The fraction of sp³-hybridized carbons (Fsp3) is 0.381. The molecule has 0 radical (unpaired) electrons. The van der Waals surface area contributed by atoms with Crippen LogP contribution in [0.3, 0.4) is 0 Å². The SMILES string of the molecule is O=C(CN1CCc2ccccc2C1)N1CCN(S(=O)(=O)c2ccccc2F)CC1. The molecule has 0 aromatic heterocycles. The molecule has 0 aliphatic carbocycles. The van der Waals surface area contributed by atoms with Crippen molar-refractivity contribution in [2.45, 2.75) is 17.9 Å². The summed E-state index contributed by atoms with van der Waals surface area (Å²) in [5.74, 6) is -0.747. The highest BCUT2D eigenvalue weighted by Gasteiger charge is 2.32. The van der Waals surface area contributed by atoms with Gasteiger partial charge in [-0.05, 0) is 29.7 Å². The van der Waals surface area contributed by atoms with Crippen molar-refractivity contribution >= 4 is 15.9 Å². The van der Waals surface area contributed by atoms with Crippen molar-refractivity contribution in [3.8, 4) is 0 Å². The van der Waals surface area contributed by atoms with E-state index in [0.717, 1.165) is 25.6 Å². The monoisotopic (exact) mass is 417 g/mol. The van der Waals surface area contributed by atoms with Crippen LogP contribution in [-0.4, -0.2) is 67.7 Å². The molecule has 29 heavy (non-hydrogen) atoms. The lowest BCUT2D eigenvalue weighted by atomic mass is 10.00. The molecule has 2 aromatic rings. The number of hydrogen-bond acceptors (Lipinski definition) is 4. The third kappa shape index (κ3) is 4.19. The number of rotatable bonds is 4. The van der Waals surface area contributed by atoms with Crippen LogP contribution in [0.4, 0.5) is 4.39 Å². The predicted molar refractivity (Wildman–Crippen MR) is 107 cm³/mol. The molecule has 0 unspecified atom stereocenters. The highest BCUT2D eigenvalue weighted by molar-refractivity contribution is 7.89. The van der Waals surface area contributed by atoms with E-state index in [1.165, 1.54) is 33.6 Å². The minimum absolute atomic E-state index is 0.00678. The van der Waals surface area contributed by atoms with Gasteiger partial charge in [0.2, 0.25) is 15.9 Å². The first-order valence-corrected chi connectivity index (χ1v) is 11.2. The summed E-state index contributed by atoms with van der Waals surface area (Å²) in [6.45, 7) is 2.90. The van der Waals surface area contributed by atoms with Crippen molar-refractivity contribution < 1.29 is 17.6 Å². The maximum Gasteiger partial charge on any atom is 0.246 e. The molecule has 1 amide bonds. The summed E-state index contributed by atoms with van der Waals surface area (Å²) >= 11 is 0. The van der Waals surface area contributed by atoms with Gasteiger partial charge in [0.25, 0.3) is 0 Å². The second-order valence-corrected chi connectivity index (χ2v) is 9.35. The van der Waals surface area contributed by atoms with Crippen LogP contribution in [0.15, 0.2) is 53.4 Å². The Labute approximate surface area is 170 Å².